The minimum absolute atomic E-state index is 0.0741. The van der Waals surface area contributed by atoms with E-state index in [9.17, 15) is 18.0 Å². The van der Waals surface area contributed by atoms with E-state index in [0.717, 1.165) is 15.4 Å². The van der Waals surface area contributed by atoms with Gasteiger partial charge in [0.15, 0.2) is 6.61 Å². The predicted octanol–water partition coefficient (Wildman–Crippen LogP) is 3.20. The average molecular weight is 510 g/mol. The fourth-order valence-electron chi connectivity index (χ4n) is 3.33. The molecule has 1 amide bonds. The monoisotopic (exact) mass is 509 g/mol. The third kappa shape index (κ3) is 6.92. The Bertz CT molecular complexity index is 1360. The zero-order valence-electron chi connectivity index (χ0n) is 20.2. The summed E-state index contributed by atoms with van der Waals surface area (Å²) in [5.74, 6) is -0.713. The maximum Gasteiger partial charge on any atom is 0.343 e. The molecule has 3 aromatic rings. The minimum Gasteiger partial charge on any atom is -0.482 e. The molecule has 0 aliphatic heterocycles. The van der Waals surface area contributed by atoms with Gasteiger partial charge in [-0.05, 0) is 55.3 Å². The Kier molecular flexibility index (Phi) is 8.80. The zero-order chi connectivity index (χ0) is 26.1. The summed E-state index contributed by atoms with van der Waals surface area (Å²) >= 11 is 0. The first kappa shape index (κ1) is 26.4. The number of hydrogen-bond acceptors (Lipinski definition) is 7. The molecule has 0 radical (unpaired) electrons. The Labute approximate surface area is 210 Å². The number of hydrogen-bond donors (Lipinski definition) is 1. The molecule has 0 spiro atoms. The smallest absolute Gasteiger partial charge is 0.343 e. The number of methoxy groups -OCH3 is 1. The number of sulfonamides is 1. The Morgan fingerprint density at radius 1 is 1.00 bits per heavy atom. The molecule has 0 atom stereocenters. The molecule has 0 aliphatic rings. The molecule has 36 heavy (non-hydrogen) atoms. The number of rotatable bonds is 10. The van der Waals surface area contributed by atoms with Crippen LogP contribution in [-0.2, 0) is 24.3 Å². The largest absolute Gasteiger partial charge is 0.482 e. The molecule has 0 fully saturated rings. The minimum atomic E-state index is -4.02. The molecule has 0 aromatic heterocycles. The van der Waals surface area contributed by atoms with Crippen molar-refractivity contribution in [3.63, 3.8) is 0 Å². The number of nitrogens with zero attached hydrogens (tertiary/aromatic N) is 2. The molecule has 9 nitrogen and oxygen atoms in total. The maximum atomic E-state index is 13.4. The summed E-state index contributed by atoms with van der Waals surface area (Å²) < 4.78 is 37.8. The number of aryl methyl sites for hydroxylation is 2. The van der Waals surface area contributed by atoms with Crippen LogP contribution in [0.3, 0.4) is 0 Å². The van der Waals surface area contributed by atoms with Crippen molar-refractivity contribution in [1.29, 1.82) is 0 Å². The van der Waals surface area contributed by atoms with Crippen LogP contribution in [0.15, 0.2) is 82.8 Å². The summed E-state index contributed by atoms with van der Waals surface area (Å²) in [4.78, 5) is 24.1. The summed E-state index contributed by atoms with van der Waals surface area (Å²) in [7, 11) is -2.75. The van der Waals surface area contributed by atoms with Crippen molar-refractivity contribution in [2.75, 3.05) is 24.6 Å². The fourth-order valence-corrected chi connectivity index (χ4v) is 4.84. The number of nitrogens with one attached hydrogen (secondary N) is 1. The molecule has 10 heteroatoms. The predicted molar refractivity (Wildman–Crippen MR) is 137 cm³/mol. The second kappa shape index (κ2) is 12.0. The van der Waals surface area contributed by atoms with Gasteiger partial charge in [-0.3, -0.25) is 9.10 Å². The summed E-state index contributed by atoms with van der Waals surface area (Å²) in [5.41, 5.74) is 5.06. The highest BCUT2D eigenvalue weighted by atomic mass is 32.2. The molecule has 0 aliphatic carbocycles. The number of esters is 1. The van der Waals surface area contributed by atoms with E-state index in [2.05, 4.69) is 15.3 Å². The first-order valence-electron chi connectivity index (χ1n) is 11.0. The number of carbonyl (C=O) groups excluding carboxylic acids is 2. The SMILES string of the molecule is COC(=O)COc1cccc(/C=N/NC(=O)CN(c2ccc(C)cc2C)S(=O)(=O)c2ccccc2)c1. The van der Waals surface area contributed by atoms with Gasteiger partial charge in [0.2, 0.25) is 0 Å². The van der Waals surface area contributed by atoms with Crippen LogP contribution in [0.5, 0.6) is 5.75 Å². The van der Waals surface area contributed by atoms with Crippen molar-refractivity contribution in [1.82, 2.24) is 5.43 Å². The van der Waals surface area contributed by atoms with Crippen LogP contribution >= 0.6 is 0 Å². The molecule has 3 rings (SSSR count). The fraction of sp³-hybridized carbons (Fsp3) is 0.192. The van der Waals surface area contributed by atoms with Gasteiger partial charge in [0, 0.05) is 0 Å². The second-order valence-corrected chi connectivity index (χ2v) is 9.71. The molecule has 0 heterocycles. The van der Waals surface area contributed by atoms with Crippen LogP contribution in [0.4, 0.5) is 5.69 Å². The van der Waals surface area contributed by atoms with Crippen LogP contribution in [-0.4, -0.2) is 46.8 Å². The molecule has 0 saturated heterocycles. The Hall–Kier alpha value is -4.18. The van der Waals surface area contributed by atoms with E-state index < -0.39 is 28.4 Å². The molecular weight excluding hydrogens is 482 g/mol. The number of amides is 1. The van der Waals surface area contributed by atoms with E-state index in [4.69, 9.17) is 4.74 Å². The molecule has 3 aromatic carbocycles. The maximum absolute atomic E-state index is 13.4. The van der Waals surface area contributed by atoms with E-state index in [1.54, 1.807) is 61.5 Å². The molecule has 0 bridgehead atoms. The second-order valence-electron chi connectivity index (χ2n) is 7.85. The number of ether oxygens (including phenoxy) is 2. The first-order chi connectivity index (χ1) is 17.2. The van der Waals surface area contributed by atoms with Crippen molar-refractivity contribution in [3.05, 3.63) is 89.5 Å². The molecule has 0 saturated carbocycles. The van der Waals surface area contributed by atoms with Crippen molar-refractivity contribution >= 4 is 33.8 Å². The van der Waals surface area contributed by atoms with Crippen molar-refractivity contribution in [3.8, 4) is 5.75 Å². The van der Waals surface area contributed by atoms with Gasteiger partial charge < -0.3 is 9.47 Å². The van der Waals surface area contributed by atoms with Crippen LogP contribution in [0.25, 0.3) is 0 Å². The number of benzene rings is 3. The summed E-state index contributed by atoms with van der Waals surface area (Å²) in [5, 5.41) is 3.94. The van der Waals surface area contributed by atoms with Gasteiger partial charge in [0.25, 0.3) is 15.9 Å². The van der Waals surface area contributed by atoms with Crippen LogP contribution < -0.4 is 14.5 Å². The lowest BCUT2D eigenvalue weighted by Gasteiger charge is -2.25. The lowest BCUT2D eigenvalue weighted by atomic mass is 10.1. The first-order valence-corrected chi connectivity index (χ1v) is 12.4. The summed E-state index contributed by atoms with van der Waals surface area (Å²) in [6, 6.07) is 20.0. The van der Waals surface area contributed by atoms with Gasteiger partial charge in [-0.25, -0.2) is 18.6 Å². The van der Waals surface area contributed by atoms with Crippen molar-refractivity contribution < 1.29 is 27.5 Å². The van der Waals surface area contributed by atoms with E-state index in [0.29, 0.717) is 17.0 Å². The lowest BCUT2D eigenvalue weighted by Crippen LogP contribution is -2.40. The third-order valence-electron chi connectivity index (χ3n) is 5.08. The number of carbonyl (C=O) groups is 2. The van der Waals surface area contributed by atoms with Crippen molar-refractivity contribution in [2.24, 2.45) is 5.10 Å². The van der Waals surface area contributed by atoms with E-state index >= 15 is 0 Å². The van der Waals surface area contributed by atoms with Crippen LogP contribution in [0.2, 0.25) is 0 Å². The highest BCUT2D eigenvalue weighted by Crippen LogP contribution is 2.27. The topological polar surface area (TPSA) is 114 Å². The van der Waals surface area contributed by atoms with Crippen LogP contribution in [0, 0.1) is 13.8 Å². The van der Waals surface area contributed by atoms with E-state index in [1.165, 1.54) is 25.5 Å². The molecule has 0 unspecified atom stereocenters. The normalized spacial score (nSPS) is 11.2. The standard InChI is InChI=1S/C26H27N3O6S/c1-19-12-13-24(20(2)14-19)29(36(32,33)23-10-5-4-6-11-23)17-25(30)28-27-16-21-8-7-9-22(15-21)35-18-26(31)34-3/h4-16H,17-18H2,1-3H3,(H,28,30)/b27-16+. The van der Waals surface area contributed by atoms with Crippen LogP contribution in [0.1, 0.15) is 16.7 Å². The highest BCUT2D eigenvalue weighted by molar-refractivity contribution is 7.92. The third-order valence-corrected chi connectivity index (χ3v) is 6.86. The van der Waals surface area contributed by atoms with E-state index in [1.807, 2.05) is 13.0 Å². The number of anilines is 1. The van der Waals surface area contributed by atoms with Gasteiger partial charge in [-0.1, -0.05) is 48.0 Å². The van der Waals surface area contributed by atoms with Crippen molar-refractivity contribution in [2.45, 2.75) is 18.7 Å². The highest BCUT2D eigenvalue weighted by Gasteiger charge is 2.28. The Morgan fingerprint density at radius 3 is 2.44 bits per heavy atom. The Balaban J connectivity index is 1.76. The zero-order valence-corrected chi connectivity index (χ0v) is 21.0. The molecular formula is C26H27N3O6S. The number of hydrazone groups is 1. The van der Waals surface area contributed by atoms with Gasteiger partial charge in [-0.2, -0.15) is 5.10 Å². The van der Waals surface area contributed by atoms with Gasteiger partial charge in [-0.15, -0.1) is 0 Å². The van der Waals surface area contributed by atoms with Gasteiger partial charge >= 0.3 is 5.97 Å². The molecule has 1 N–H and O–H groups in total. The average Bonchev–Trinajstić information content (AvgIpc) is 2.87. The van der Waals surface area contributed by atoms with Gasteiger partial charge in [0.1, 0.15) is 12.3 Å². The summed E-state index contributed by atoms with van der Waals surface area (Å²) in [6.45, 7) is 2.99. The molecule has 188 valence electrons. The summed E-state index contributed by atoms with van der Waals surface area (Å²) in [6.07, 6.45) is 1.38. The Morgan fingerprint density at radius 2 is 1.75 bits per heavy atom. The quantitative estimate of drug-likeness (QED) is 0.255. The van der Waals surface area contributed by atoms with Gasteiger partial charge in [0.05, 0.1) is 23.9 Å². The lowest BCUT2D eigenvalue weighted by molar-refractivity contribution is -0.142. The van der Waals surface area contributed by atoms with E-state index in [-0.39, 0.29) is 11.5 Å².